The predicted octanol–water partition coefficient (Wildman–Crippen LogP) is 4.21. The lowest BCUT2D eigenvalue weighted by molar-refractivity contribution is -0.130. The summed E-state index contributed by atoms with van der Waals surface area (Å²) >= 11 is 0. The fraction of sp³-hybridized carbons (Fsp3) is 0.385. The molecule has 0 N–H and O–H groups in total. The number of fused-ring (bicyclic) bond motifs is 1. The van der Waals surface area contributed by atoms with Crippen molar-refractivity contribution in [1.29, 1.82) is 0 Å². The second kappa shape index (κ2) is 8.79. The van der Waals surface area contributed by atoms with Crippen LogP contribution in [0.5, 0.6) is 5.75 Å². The van der Waals surface area contributed by atoms with Crippen molar-refractivity contribution in [3.63, 3.8) is 0 Å². The van der Waals surface area contributed by atoms with Gasteiger partial charge in [-0.1, -0.05) is 47.6 Å². The van der Waals surface area contributed by atoms with Gasteiger partial charge in [-0.15, -0.1) is 0 Å². The molecule has 0 aliphatic carbocycles. The van der Waals surface area contributed by atoms with Crippen molar-refractivity contribution in [3.05, 3.63) is 83.2 Å². The maximum atomic E-state index is 12.3. The van der Waals surface area contributed by atoms with Crippen LogP contribution in [0.3, 0.4) is 0 Å². The Balaban J connectivity index is 1.25. The minimum atomic E-state index is 0.171. The Hall–Kier alpha value is -3.12. The third-order valence-corrected chi connectivity index (χ3v) is 6.65. The molecule has 6 heteroatoms. The number of benzene rings is 2. The normalized spacial score (nSPS) is 22.8. The van der Waals surface area contributed by atoms with Gasteiger partial charge in [-0.05, 0) is 36.1 Å². The Morgan fingerprint density at radius 1 is 1.09 bits per heavy atom. The van der Waals surface area contributed by atoms with Gasteiger partial charge in [-0.3, -0.25) is 9.69 Å². The van der Waals surface area contributed by atoms with Crippen molar-refractivity contribution in [2.24, 2.45) is 11.8 Å². The van der Waals surface area contributed by atoms with E-state index in [-0.39, 0.29) is 11.9 Å². The molecule has 3 heterocycles. The van der Waals surface area contributed by atoms with Crippen LogP contribution in [0.25, 0.3) is 0 Å². The first-order chi connectivity index (χ1) is 15.6. The molecule has 0 saturated carbocycles. The Labute approximate surface area is 188 Å². The van der Waals surface area contributed by atoms with Gasteiger partial charge in [0.1, 0.15) is 23.8 Å². The number of carbonyl (C=O) groups excluding carboxylic acids is 1. The van der Waals surface area contributed by atoms with E-state index >= 15 is 0 Å². The molecular weight excluding hydrogens is 402 g/mol. The van der Waals surface area contributed by atoms with Crippen molar-refractivity contribution >= 4 is 5.91 Å². The molecular formula is C26H29N3O3. The van der Waals surface area contributed by atoms with Gasteiger partial charge in [0.25, 0.3) is 0 Å². The summed E-state index contributed by atoms with van der Waals surface area (Å²) in [5.74, 6) is 2.78. The molecule has 2 aromatic carbocycles. The van der Waals surface area contributed by atoms with E-state index in [1.165, 1.54) is 11.1 Å². The average molecular weight is 432 g/mol. The fourth-order valence-electron chi connectivity index (χ4n) is 5.30. The second-order valence-corrected chi connectivity index (χ2v) is 9.01. The van der Waals surface area contributed by atoms with Crippen molar-refractivity contribution in [3.8, 4) is 5.75 Å². The second-order valence-electron chi connectivity index (χ2n) is 9.01. The number of aromatic nitrogens is 1. The first-order valence-corrected chi connectivity index (χ1v) is 11.3. The van der Waals surface area contributed by atoms with Crippen LogP contribution < -0.4 is 4.74 Å². The Morgan fingerprint density at radius 3 is 2.69 bits per heavy atom. The molecule has 166 valence electrons. The fourth-order valence-corrected chi connectivity index (χ4v) is 5.30. The van der Waals surface area contributed by atoms with E-state index in [0.29, 0.717) is 18.4 Å². The smallest absolute Gasteiger partial charge is 0.219 e. The van der Waals surface area contributed by atoms with Gasteiger partial charge in [0.2, 0.25) is 5.91 Å². The molecule has 0 unspecified atom stereocenters. The Bertz CT molecular complexity index is 1080. The molecule has 5 rings (SSSR count). The van der Waals surface area contributed by atoms with Crippen LogP contribution in [0.4, 0.5) is 0 Å². The molecule has 2 fully saturated rings. The highest BCUT2D eigenvalue weighted by atomic mass is 16.5. The predicted molar refractivity (Wildman–Crippen MR) is 121 cm³/mol. The van der Waals surface area contributed by atoms with Crippen LogP contribution in [0.2, 0.25) is 0 Å². The molecule has 0 radical (unpaired) electrons. The minimum absolute atomic E-state index is 0.171. The van der Waals surface area contributed by atoms with Crippen LogP contribution in [0, 0.1) is 18.8 Å². The SMILES string of the molecule is CC(=O)N1C[C@H]2CN(Cc3cccc(OCc4cc(C)on4)c3)C[C@H]2[C@H]1c1ccccc1. The van der Waals surface area contributed by atoms with Crippen molar-refractivity contribution < 1.29 is 14.1 Å². The summed E-state index contributed by atoms with van der Waals surface area (Å²) in [6, 6.07) is 20.8. The quantitative estimate of drug-likeness (QED) is 0.585. The van der Waals surface area contributed by atoms with E-state index in [4.69, 9.17) is 9.26 Å². The van der Waals surface area contributed by atoms with E-state index in [2.05, 4.69) is 51.4 Å². The zero-order chi connectivity index (χ0) is 22.1. The third-order valence-electron chi connectivity index (χ3n) is 6.65. The van der Waals surface area contributed by atoms with Crippen molar-refractivity contribution in [1.82, 2.24) is 15.0 Å². The number of nitrogens with zero attached hydrogens (tertiary/aromatic N) is 3. The van der Waals surface area contributed by atoms with Gasteiger partial charge in [0.05, 0.1) is 6.04 Å². The van der Waals surface area contributed by atoms with Crippen LogP contribution in [-0.4, -0.2) is 40.5 Å². The number of carbonyl (C=O) groups is 1. The molecule has 2 aliphatic heterocycles. The zero-order valence-electron chi connectivity index (χ0n) is 18.6. The number of rotatable bonds is 6. The van der Waals surface area contributed by atoms with E-state index in [1.54, 1.807) is 6.92 Å². The van der Waals surface area contributed by atoms with E-state index < -0.39 is 0 Å². The molecule has 32 heavy (non-hydrogen) atoms. The van der Waals surface area contributed by atoms with Gasteiger partial charge in [0.15, 0.2) is 0 Å². The summed E-state index contributed by atoms with van der Waals surface area (Å²) in [7, 11) is 0. The van der Waals surface area contributed by atoms with Gasteiger partial charge in [-0.25, -0.2) is 0 Å². The lowest BCUT2D eigenvalue weighted by Crippen LogP contribution is -2.34. The molecule has 1 amide bonds. The summed E-state index contributed by atoms with van der Waals surface area (Å²) in [5.41, 5.74) is 3.27. The van der Waals surface area contributed by atoms with Gasteiger partial charge >= 0.3 is 0 Å². The summed E-state index contributed by atoms with van der Waals surface area (Å²) in [6.45, 7) is 7.71. The zero-order valence-corrected chi connectivity index (χ0v) is 18.6. The minimum Gasteiger partial charge on any atom is -0.487 e. The number of ether oxygens (including phenoxy) is 1. The number of likely N-dealkylation sites (tertiary alicyclic amines) is 2. The Kier molecular flexibility index (Phi) is 5.70. The van der Waals surface area contributed by atoms with Crippen molar-refractivity contribution in [2.75, 3.05) is 19.6 Å². The van der Waals surface area contributed by atoms with Gasteiger partial charge in [-0.2, -0.15) is 0 Å². The van der Waals surface area contributed by atoms with Crippen LogP contribution >= 0.6 is 0 Å². The summed E-state index contributed by atoms with van der Waals surface area (Å²) in [4.78, 5) is 16.9. The summed E-state index contributed by atoms with van der Waals surface area (Å²) in [6.07, 6.45) is 0. The highest BCUT2D eigenvalue weighted by Crippen LogP contribution is 2.45. The highest BCUT2D eigenvalue weighted by Gasteiger charge is 2.48. The molecule has 3 atom stereocenters. The van der Waals surface area contributed by atoms with Crippen molar-refractivity contribution in [2.45, 2.75) is 33.0 Å². The molecule has 6 nitrogen and oxygen atoms in total. The molecule has 2 saturated heterocycles. The first-order valence-electron chi connectivity index (χ1n) is 11.3. The maximum absolute atomic E-state index is 12.3. The first kappa shape index (κ1) is 20.8. The average Bonchev–Trinajstić information content (AvgIpc) is 3.47. The molecule has 1 aromatic heterocycles. The van der Waals surface area contributed by atoms with E-state index in [1.807, 2.05) is 31.2 Å². The number of aryl methyl sites for hydroxylation is 1. The molecule has 0 spiro atoms. The largest absolute Gasteiger partial charge is 0.487 e. The summed E-state index contributed by atoms with van der Waals surface area (Å²) in [5, 5.41) is 3.98. The monoisotopic (exact) mass is 431 g/mol. The molecule has 0 bridgehead atoms. The standard InChI is InChI=1S/C26H29N3O3/c1-18-11-23(27-32-18)17-31-24-10-6-7-20(12-24)13-28-14-22-15-29(19(2)30)26(25(22)16-28)21-8-4-3-5-9-21/h3-12,22,25-26H,13-17H2,1-2H3/t22-,25-,26-/m1/s1. The lowest BCUT2D eigenvalue weighted by Gasteiger charge is -2.29. The number of hydrogen-bond donors (Lipinski definition) is 0. The molecule has 3 aromatic rings. The van der Waals surface area contributed by atoms with Gasteiger partial charge in [0, 0.05) is 45.1 Å². The van der Waals surface area contributed by atoms with Crippen LogP contribution in [0.1, 0.15) is 35.5 Å². The Morgan fingerprint density at radius 2 is 1.94 bits per heavy atom. The van der Waals surface area contributed by atoms with Gasteiger partial charge < -0.3 is 14.2 Å². The maximum Gasteiger partial charge on any atom is 0.219 e. The topological polar surface area (TPSA) is 58.8 Å². The third kappa shape index (κ3) is 4.28. The summed E-state index contributed by atoms with van der Waals surface area (Å²) < 4.78 is 11.0. The lowest BCUT2D eigenvalue weighted by atomic mass is 9.89. The van der Waals surface area contributed by atoms with Crippen LogP contribution in [-0.2, 0) is 17.9 Å². The highest BCUT2D eigenvalue weighted by molar-refractivity contribution is 5.74. The van der Waals surface area contributed by atoms with Crippen LogP contribution in [0.15, 0.2) is 65.2 Å². The van der Waals surface area contributed by atoms with E-state index in [9.17, 15) is 4.79 Å². The number of amides is 1. The number of hydrogen-bond acceptors (Lipinski definition) is 5. The van der Waals surface area contributed by atoms with E-state index in [0.717, 1.165) is 43.4 Å². The molecule has 2 aliphatic rings.